The van der Waals surface area contributed by atoms with Crippen LogP contribution in [-0.2, 0) is 10.1 Å². The van der Waals surface area contributed by atoms with Crippen molar-refractivity contribution in [3.05, 3.63) is 48.0 Å². The average molecular weight is 278 g/mol. The van der Waals surface area contributed by atoms with E-state index in [1.165, 1.54) is 18.2 Å². The molecule has 0 heterocycles. The molecule has 0 atom stereocenters. The van der Waals surface area contributed by atoms with Crippen LogP contribution in [0.4, 0.5) is 11.4 Å². The monoisotopic (exact) mass is 278 g/mol. The van der Waals surface area contributed by atoms with Crippen molar-refractivity contribution in [3.63, 3.8) is 0 Å². The minimum Gasteiger partial charge on any atom is -0.397 e. The molecule has 0 aliphatic carbocycles. The normalized spacial score (nSPS) is 11.2. The maximum Gasteiger partial charge on any atom is 0.339 e. The van der Waals surface area contributed by atoms with Gasteiger partial charge in [-0.25, -0.2) is 0 Å². The van der Waals surface area contributed by atoms with Gasteiger partial charge in [-0.3, -0.25) is 0 Å². The maximum atomic E-state index is 12.0. The fourth-order valence-electron chi connectivity index (χ4n) is 1.48. The van der Waals surface area contributed by atoms with Crippen LogP contribution in [0.1, 0.15) is 5.56 Å². The lowest BCUT2D eigenvalue weighted by Crippen LogP contribution is -2.10. The van der Waals surface area contributed by atoms with Crippen LogP contribution in [0.15, 0.2) is 47.4 Å². The molecule has 0 aliphatic heterocycles. The Bertz CT molecular complexity index is 694. The molecule has 0 saturated carbocycles. The first-order chi connectivity index (χ1) is 8.88. The van der Waals surface area contributed by atoms with Gasteiger partial charge in [-0.1, -0.05) is 17.7 Å². The molecule has 0 fully saturated rings. The summed E-state index contributed by atoms with van der Waals surface area (Å²) in [5.41, 5.74) is 12.7. The van der Waals surface area contributed by atoms with Crippen LogP contribution in [0.3, 0.4) is 0 Å². The smallest absolute Gasteiger partial charge is 0.339 e. The summed E-state index contributed by atoms with van der Waals surface area (Å²) >= 11 is 0. The number of benzene rings is 2. The van der Waals surface area contributed by atoms with Gasteiger partial charge >= 0.3 is 10.1 Å². The van der Waals surface area contributed by atoms with Crippen LogP contribution in [0.5, 0.6) is 5.75 Å². The summed E-state index contributed by atoms with van der Waals surface area (Å²) in [6.07, 6.45) is 0. The zero-order valence-electron chi connectivity index (χ0n) is 10.3. The van der Waals surface area contributed by atoms with E-state index in [2.05, 4.69) is 0 Å². The molecule has 0 aliphatic rings. The lowest BCUT2D eigenvalue weighted by atomic mass is 10.2. The van der Waals surface area contributed by atoms with Gasteiger partial charge < -0.3 is 15.7 Å². The SMILES string of the molecule is Cc1ccc(OS(=O)(=O)c2ccc(N)c(N)c2)cc1. The Morgan fingerprint density at radius 1 is 0.947 bits per heavy atom. The first-order valence-corrected chi connectivity index (χ1v) is 6.95. The Balaban J connectivity index is 2.32. The zero-order chi connectivity index (χ0) is 14.0. The van der Waals surface area contributed by atoms with Crippen molar-refractivity contribution < 1.29 is 12.6 Å². The summed E-state index contributed by atoms with van der Waals surface area (Å²) in [7, 11) is -3.90. The van der Waals surface area contributed by atoms with E-state index in [9.17, 15) is 8.42 Å². The number of anilines is 2. The highest BCUT2D eigenvalue weighted by Crippen LogP contribution is 2.23. The topological polar surface area (TPSA) is 95.4 Å². The van der Waals surface area contributed by atoms with Crippen LogP contribution >= 0.6 is 0 Å². The Labute approximate surface area is 111 Å². The molecule has 19 heavy (non-hydrogen) atoms. The molecule has 2 aromatic carbocycles. The van der Waals surface area contributed by atoms with E-state index in [-0.39, 0.29) is 16.3 Å². The summed E-state index contributed by atoms with van der Waals surface area (Å²) in [4.78, 5) is -0.0280. The maximum absolute atomic E-state index is 12.0. The molecule has 100 valence electrons. The highest BCUT2D eigenvalue weighted by Gasteiger charge is 2.17. The predicted molar refractivity (Wildman–Crippen MR) is 74.3 cm³/mol. The fraction of sp³-hybridized carbons (Fsp3) is 0.0769. The van der Waals surface area contributed by atoms with E-state index in [1.807, 2.05) is 6.92 Å². The summed E-state index contributed by atoms with van der Waals surface area (Å²) in [5.74, 6) is 0.251. The summed E-state index contributed by atoms with van der Waals surface area (Å²) in [6.45, 7) is 1.90. The Morgan fingerprint density at radius 2 is 1.58 bits per heavy atom. The first kappa shape index (κ1) is 13.2. The van der Waals surface area contributed by atoms with E-state index >= 15 is 0 Å². The lowest BCUT2D eigenvalue weighted by molar-refractivity contribution is 0.486. The summed E-state index contributed by atoms with van der Waals surface area (Å²) < 4.78 is 29.1. The van der Waals surface area contributed by atoms with Crippen molar-refractivity contribution in [2.24, 2.45) is 0 Å². The van der Waals surface area contributed by atoms with Gasteiger partial charge in [0.05, 0.1) is 11.4 Å². The van der Waals surface area contributed by atoms with Crippen LogP contribution < -0.4 is 15.7 Å². The Hall–Kier alpha value is -2.21. The predicted octanol–water partition coefficient (Wildman–Crippen LogP) is 1.93. The van der Waals surface area contributed by atoms with Crippen molar-refractivity contribution in [3.8, 4) is 5.75 Å². The molecule has 0 radical (unpaired) electrons. The molecule has 0 aromatic heterocycles. The molecule has 0 bridgehead atoms. The van der Waals surface area contributed by atoms with Gasteiger partial charge in [-0.2, -0.15) is 8.42 Å². The van der Waals surface area contributed by atoms with E-state index in [1.54, 1.807) is 24.3 Å². The molecule has 4 N–H and O–H groups in total. The molecular weight excluding hydrogens is 264 g/mol. The zero-order valence-corrected chi connectivity index (χ0v) is 11.1. The van der Waals surface area contributed by atoms with E-state index < -0.39 is 10.1 Å². The van der Waals surface area contributed by atoms with Gasteiger partial charge in [0.2, 0.25) is 0 Å². The van der Waals surface area contributed by atoms with Crippen molar-refractivity contribution >= 4 is 21.5 Å². The van der Waals surface area contributed by atoms with E-state index in [0.717, 1.165) is 5.56 Å². The van der Waals surface area contributed by atoms with Crippen molar-refractivity contribution in [1.29, 1.82) is 0 Å². The number of hydrogen-bond donors (Lipinski definition) is 2. The highest BCUT2D eigenvalue weighted by molar-refractivity contribution is 7.87. The minimum atomic E-state index is -3.90. The number of hydrogen-bond acceptors (Lipinski definition) is 5. The molecule has 2 rings (SSSR count). The number of aryl methyl sites for hydroxylation is 1. The van der Waals surface area contributed by atoms with Gasteiger partial charge in [0, 0.05) is 0 Å². The Kier molecular flexibility index (Phi) is 3.35. The standard InChI is InChI=1S/C13H14N2O3S/c1-9-2-4-10(5-3-9)18-19(16,17)11-6-7-12(14)13(15)8-11/h2-8H,14-15H2,1H3. The van der Waals surface area contributed by atoms with Crippen LogP contribution in [0.2, 0.25) is 0 Å². The molecular formula is C13H14N2O3S. The average Bonchev–Trinajstić information content (AvgIpc) is 2.35. The van der Waals surface area contributed by atoms with Gasteiger partial charge in [-0.05, 0) is 37.3 Å². The minimum absolute atomic E-state index is 0.0280. The summed E-state index contributed by atoms with van der Waals surface area (Å²) in [5, 5.41) is 0. The number of nitrogens with two attached hydrogens (primary N) is 2. The third kappa shape index (κ3) is 2.97. The molecule has 0 unspecified atom stereocenters. The fourth-order valence-corrected chi connectivity index (χ4v) is 2.44. The molecule has 0 spiro atoms. The molecule has 6 heteroatoms. The van der Waals surface area contributed by atoms with Crippen molar-refractivity contribution in [1.82, 2.24) is 0 Å². The van der Waals surface area contributed by atoms with E-state index in [0.29, 0.717) is 5.69 Å². The van der Waals surface area contributed by atoms with Gasteiger partial charge in [0.15, 0.2) is 0 Å². The molecule has 5 nitrogen and oxygen atoms in total. The molecule has 0 amide bonds. The van der Waals surface area contributed by atoms with Gasteiger partial charge in [0.1, 0.15) is 10.6 Å². The van der Waals surface area contributed by atoms with Crippen LogP contribution in [0, 0.1) is 6.92 Å². The highest BCUT2D eigenvalue weighted by atomic mass is 32.2. The second-order valence-electron chi connectivity index (χ2n) is 4.14. The second-order valence-corrected chi connectivity index (χ2v) is 5.69. The summed E-state index contributed by atoms with van der Waals surface area (Å²) in [6, 6.07) is 10.8. The number of nitrogen functional groups attached to an aromatic ring is 2. The second kappa shape index (κ2) is 4.81. The first-order valence-electron chi connectivity index (χ1n) is 5.54. The Morgan fingerprint density at radius 3 is 2.16 bits per heavy atom. The van der Waals surface area contributed by atoms with E-state index in [4.69, 9.17) is 15.7 Å². The van der Waals surface area contributed by atoms with Gasteiger partial charge in [-0.15, -0.1) is 0 Å². The lowest BCUT2D eigenvalue weighted by Gasteiger charge is -2.08. The van der Waals surface area contributed by atoms with Crippen molar-refractivity contribution in [2.75, 3.05) is 11.5 Å². The third-order valence-electron chi connectivity index (χ3n) is 2.57. The third-order valence-corrected chi connectivity index (χ3v) is 3.82. The largest absolute Gasteiger partial charge is 0.397 e. The molecule has 2 aromatic rings. The van der Waals surface area contributed by atoms with Gasteiger partial charge in [0.25, 0.3) is 0 Å². The van der Waals surface area contributed by atoms with Crippen LogP contribution in [0.25, 0.3) is 0 Å². The molecule has 0 saturated heterocycles. The van der Waals surface area contributed by atoms with Crippen LogP contribution in [-0.4, -0.2) is 8.42 Å². The number of rotatable bonds is 3. The van der Waals surface area contributed by atoms with Crippen molar-refractivity contribution in [2.45, 2.75) is 11.8 Å². The quantitative estimate of drug-likeness (QED) is 0.660.